The maximum atomic E-state index is 7.66. The van der Waals surface area contributed by atoms with Gasteiger partial charge in [-0.1, -0.05) is 13.2 Å². The highest BCUT2D eigenvalue weighted by Crippen LogP contribution is 2.16. The van der Waals surface area contributed by atoms with Crippen LogP contribution in [0, 0.1) is 5.41 Å². The molecule has 1 N–H and O–H groups in total. The van der Waals surface area contributed by atoms with E-state index in [0.29, 0.717) is 17.2 Å². The van der Waals surface area contributed by atoms with Gasteiger partial charge in [-0.3, -0.25) is 10.4 Å². The first kappa shape index (κ1) is 13.6. The van der Waals surface area contributed by atoms with Gasteiger partial charge in [0.1, 0.15) is 0 Å². The minimum atomic E-state index is 0.194. The van der Waals surface area contributed by atoms with Crippen molar-refractivity contribution >= 4 is 11.5 Å². The molecule has 0 spiro atoms. The largest absolute Gasteiger partial charge is 0.327 e. The van der Waals surface area contributed by atoms with E-state index in [4.69, 9.17) is 5.41 Å². The third-order valence-electron chi connectivity index (χ3n) is 1.86. The molecule has 0 aromatic rings. The van der Waals surface area contributed by atoms with Gasteiger partial charge >= 0.3 is 0 Å². The Morgan fingerprint density at radius 2 is 1.67 bits per heavy atom. The number of amidine groups is 1. The van der Waals surface area contributed by atoms with Gasteiger partial charge in [-0.05, 0) is 34.6 Å². The van der Waals surface area contributed by atoms with Crippen LogP contribution in [0.25, 0.3) is 0 Å². The highest BCUT2D eigenvalue weighted by atomic mass is 15.2. The molecule has 0 aliphatic heterocycles. The zero-order valence-corrected chi connectivity index (χ0v) is 10.4. The van der Waals surface area contributed by atoms with Crippen molar-refractivity contribution in [3.05, 3.63) is 24.6 Å². The summed E-state index contributed by atoms with van der Waals surface area (Å²) in [5.41, 5.74) is 2.25. The Balaban J connectivity index is 4.89. The van der Waals surface area contributed by atoms with Gasteiger partial charge in [-0.15, -0.1) is 0 Å². The van der Waals surface area contributed by atoms with Crippen LogP contribution in [0.4, 0.5) is 0 Å². The quantitative estimate of drug-likeness (QED) is 0.429. The normalized spacial score (nSPS) is 9.73. The Hall–Kier alpha value is -1.38. The summed E-state index contributed by atoms with van der Waals surface area (Å²) in [5, 5.41) is 7.66. The molecule has 0 aliphatic rings. The second-order valence-corrected chi connectivity index (χ2v) is 4.00. The van der Waals surface area contributed by atoms with E-state index in [0.717, 1.165) is 5.71 Å². The lowest BCUT2D eigenvalue weighted by Gasteiger charge is -2.29. The minimum Gasteiger partial charge on any atom is -0.327 e. The molecule has 0 saturated heterocycles. The molecule has 0 aromatic carbocycles. The highest BCUT2D eigenvalue weighted by molar-refractivity contribution is 5.82. The minimum absolute atomic E-state index is 0.194. The molecule has 0 saturated carbocycles. The summed E-state index contributed by atoms with van der Waals surface area (Å²) < 4.78 is 0. The summed E-state index contributed by atoms with van der Waals surface area (Å²) in [6, 6.07) is 0.194. The summed E-state index contributed by atoms with van der Waals surface area (Å²) in [7, 11) is 0. The third-order valence-corrected chi connectivity index (χ3v) is 1.86. The zero-order chi connectivity index (χ0) is 12.2. The van der Waals surface area contributed by atoms with Gasteiger partial charge in [-0.25, -0.2) is 0 Å². The highest BCUT2D eigenvalue weighted by Gasteiger charge is 2.15. The van der Waals surface area contributed by atoms with E-state index in [1.165, 1.54) is 0 Å². The van der Waals surface area contributed by atoms with Crippen molar-refractivity contribution in [2.45, 2.75) is 40.7 Å². The SMILES string of the molecule is C=C(N=C(C)C)C(=C)N(C(C)=N)C(C)C. The molecule has 15 heavy (non-hydrogen) atoms. The molecule has 3 nitrogen and oxygen atoms in total. The number of rotatable bonds is 4. The van der Waals surface area contributed by atoms with Crippen LogP contribution in [0.15, 0.2) is 29.5 Å². The molecule has 0 heterocycles. The Morgan fingerprint density at radius 1 is 1.20 bits per heavy atom. The van der Waals surface area contributed by atoms with E-state index < -0.39 is 0 Å². The fourth-order valence-corrected chi connectivity index (χ4v) is 1.37. The van der Waals surface area contributed by atoms with Gasteiger partial charge in [0.15, 0.2) is 0 Å². The van der Waals surface area contributed by atoms with Gasteiger partial charge in [0.05, 0.1) is 17.2 Å². The monoisotopic (exact) mass is 207 g/mol. The average molecular weight is 207 g/mol. The van der Waals surface area contributed by atoms with Gasteiger partial charge in [-0.2, -0.15) is 0 Å². The number of hydrogen-bond acceptors (Lipinski definition) is 2. The van der Waals surface area contributed by atoms with Crippen molar-refractivity contribution in [3.63, 3.8) is 0 Å². The summed E-state index contributed by atoms with van der Waals surface area (Å²) in [6.07, 6.45) is 0. The van der Waals surface area contributed by atoms with Crippen LogP contribution >= 0.6 is 0 Å². The van der Waals surface area contributed by atoms with Crippen LogP contribution in [-0.4, -0.2) is 22.5 Å². The molecule has 0 bridgehead atoms. The lowest BCUT2D eigenvalue weighted by Crippen LogP contribution is -2.34. The van der Waals surface area contributed by atoms with Crippen LogP contribution in [0.3, 0.4) is 0 Å². The van der Waals surface area contributed by atoms with Crippen molar-refractivity contribution in [1.82, 2.24) is 4.90 Å². The second-order valence-electron chi connectivity index (χ2n) is 4.00. The molecule has 3 heteroatoms. The predicted molar refractivity (Wildman–Crippen MR) is 67.4 cm³/mol. The van der Waals surface area contributed by atoms with Gasteiger partial charge < -0.3 is 4.90 Å². The van der Waals surface area contributed by atoms with Crippen LogP contribution in [0.5, 0.6) is 0 Å². The van der Waals surface area contributed by atoms with Crippen LogP contribution in [0.2, 0.25) is 0 Å². The second kappa shape index (κ2) is 5.49. The summed E-state index contributed by atoms with van der Waals surface area (Å²) in [6.45, 7) is 17.4. The Labute approximate surface area is 92.7 Å². The molecule has 0 fully saturated rings. The average Bonchev–Trinajstić information content (AvgIpc) is 2.00. The Bertz CT molecular complexity index is 307. The maximum absolute atomic E-state index is 7.66. The predicted octanol–water partition coefficient (Wildman–Crippen LogP) is 3.20. The molecule has 0 rings (SSSR count). The molecule has 0 amide bonds. The first-order valence-electron chi connectivity index (χ1n) is 5.01. The van der Waals surface area contributed by atoms with Crippen LogP contribution in [0.1, 0.15) is 34.6 Å². The molecule has 84 valence electrons. The van der Waals surface area contributed by atoms with Crippen molar-refractivity contribution in [2.24, 2.45) is 4.99 Å². The zero-order valence-electron chi connectivity index (χ0n) is 10.4. The summed E-state index contributed by atoms with van der Waals surface area (Å²) >= 11 is 0. The number of hydrogen-bond donors (Lipinski definition) is 1. The molecule has 0 unspecified atom stereocenters. The van der Waals surface area contributed by atoms with Gasteiger partial charge in [0.2, 0.25) is 0 Å². The summed E-state index contributed by atoms with van der Waals surface area (Å²) in [5.74, 6) is 0.458. The molecule has 0 atom stereocenters. The van der Waals surface area contributed by atoms with Crippen molar-refractivity contribution < 1.29 is 0 Å². The third kappa shape index (κ3) is 4.11. The van der Waals surface area contributed by atoms with Crippen molar-refractivity contribution in [2.75, 3.05) is 0 Å². The van der Waals surface area contributed by atoms with E-state index in [1.54, 1.807) is 6.92 Å². The van der Waals surface area contributed by atoms with E-state index in [1.807, 2.05) is 32.6 Å². The van der Waals surface area contributed by atoms with Crippen molar-refractivity contribution in [1.29, 1.82) is 5.41 Å². The van der Waals surface area contributed by atoms with E-state index in [2.05, 4.69) is 18.2 Å². The fraction of sp³-hybridized carbons (Fsp3) is 0.500. The van der Waals surface area contributed by atoms with Gasteiger partial charge in [0, 0.05) is 11.8 Å². The number of nitrogens with zero attached hydrogens (tertiary/aromatic N) is 2. The first-order chi connectivity index (χ1) is 6.77. The smallest absolute Gasteiger partial charge is 0.0973 e. The summed E-state index contributed by atoms with van der Waals surface area (Å²) in [4.78, 5) is 6.06. The fourth-order valence-electron chi connectivity index (χ4n) is 1.37. The lowest BCUT2D eigenvalue weighted by molar-refractivity contribution is 0.427. The number of aliphatic imine (C=N–C) groups is 1. The van der Waals surface area contributed by atoms with Gasteiger partial charge in [0.25, 0.3) is 0 Å². The van der Waals surface area contributed by atoms with Crippen molar-refractivity contribution in [3.8, 4) is 0 Å². The Kier molecular flexibility index (Phi) is 4.98. The molecular formula is C12H21N3. The Morgan fingerprint density at radius 3 is 1.93 bits per heavy atom. The molecule has 0 aromatic heterocycles. The first-order valence-corrected chi connectivity index (χ1v) is 5.01. The molecule has 0 radical (unpaired) electrons. The lowest BCUT2D eigenvalue weighted by atomic mass is 10.2. The van der Waals surface area contributed by atoms with Crippen LogP contribution in [-0.2, 0) is 0 Å². The van der Waals surface area contributed by atoms with Crippen LogP contribution < -0.4 is 0 Å². The van der Waals surface area contributed by atoms with E-state index in [9.17, 15) is 0 Å². The molecule has 0 aliphatic carbocycles. The standard InChI is InChI=1S/C12H21N3/c1-8(2)14-10(5)11(6)15(9(3)4)12(7)13/h9,13H,5-6H2,1-4,7H3. The topological polar surface area (TPSA) is 39.5 Å². The maximum Gasteiger partial charge on any atom is 0.0973 e. The van der Waals surface area contributed by atoms with E-state index >= 15 is 0 Å². The number of nitrogens with one attached hydrogen (secondary N) is 1. The molecular weight excluding hydrogens is 186 g/mol. The van der Waals surface area contributed by atoms with E-state index in [-0.39, 0.29) is 6.04 Å².